The highest BCUT2D eigenvalue weighted by atomic mass is 19.2. The standard InChI is InChI=1S/C23H21F2NO4/c1-4-12-29-20-9-6-16(14-21(20)28-3)10-11-26-23(27)22(30-13-5-2)17-7-8-18(24)19(25)15-17/h1-2,6-9,14-15,22H,10-13H2,3H3,(H,26,27). The Bertz CT molecular complexity index is 963. The maximum absolute atomic E-state index is 13.5. The summed E-state index contributed by atoms with van der Waals surface area (Å²) >= 11 is 0. The smallest absolute Gasteiger partial charge is 0.253 e. The number of ether oxygens (including phenoxy) is 3. The quantitative estimate of drug-likeness (QED) is 0.609. The average Bonchev–Trinajstić information content (AvgIpc) is 2.75. The highest BCUT2D eigenvalue weighted by molar-refractivity contribution is 5.82. The number of carbonyl (C=O) groups is 1. The molecule has 1 unspecified atom stereocenters. The van der Waals surface area contributed by atoms with Crippen molar-refractivity contribution in [3.05, 3.63) is 59.2 Å². The van der Waals surface area contributed by atoms with Crippen molar-refractivity contribution in [1.82, 2.24) is 5.32 Å². The molecule has 0 saturated carbocycles. The third-order valence-electron chi connectivity index (χ3n) is 4.07. The van der Waals surface area contributed by atoms with E-state index >= 15 is 0 Å². The van der Waals surface area contributed by atoms with Crippen LogP contribution in [0.4, 0.5) is 8.78 Å². The van der Waals surface area contributed by atoms with E-state index in [0.29, 0.717) is 17.9 Å². The molecule has 1 atom stereocenters. The molecule has 0 aliphatic heterocycles. The SMILES string of the molecule is C#CCOc1ccc(CCNC(=O)C(OCC#C)c2ccc(F)c(F)c2)cc1OC. The van der Waals surface area contributed by atoms with Gasteiger partial charge in [-0.15, -0.1) is 12.8 Å². The van der Waals surface area contributed by atoms with E-state index in [-0.39, 0.29) is 25.3 Å². The van der Waals surface area contributed by atoms with E-state index in [2.05, 4.69) is 17.2 Å². The number of hydrogen-bond donors (Lipinski definition) is 1. The second-order valence-corrected chi connectivity index (χ2v) is 6.09. The van der Waals surface area contributed by atoms with Crippen LogP contribution >= 0.6 is 0 Å². The first-order chi connectivity index (χ1) is 14.5. The van der Waals surface area contributed by atoms with Crippen molar-refractivity contribution >= 4 is 5.91 Å². The van der Waals surface area contributed by atoms with Crippen LogP contribution < -0.4 is 14.8 Å². The van der Waals surface area contributed by atoms with E-state index < -0.39 is 23.6 Å². The molecule has 0 fully saturated rings. The van der Waals surface area contributed by atoms with Crippen molar-refractivity contribution in [2.24, 2.45) is 0 Å². The minimum atomic E-state index is -1.16. The number of carbonyl (C=O) groups excluding carboxylic acids is 1. The third kappa shape index (κ3) is 6.23. The summed E-state index contributed by atoms with van der Waals surface area (Å²) in [6.07, 6.45) is 9.69. The van der Waals surface area contributed by atoms with Crippen molar-refractivity contribution in [3.8, 4) is 36.2 Å². The zero-order valence-corrected chi connectivity index (χ0v) is 16.4. The number of hydrogen-bond acceptors (Lipinski definition) is 4. The lowest BCUT2D eigenvalue weighted by Gasteiger charge is -2.17. The number of methoxy groups -OCH3 is 1. The van der Waals surface area contributed by atoms with Gasteiger partial charge in [-0.05, 0) is 41.8 Å². The maximum atomic E-state index is 13.5. The predicted molar refractivity (Wildman–Crippen MR) is 108 cm³/mol. The first-order valence-corrected chi connectivity index (χ1v) is 9.01. The van der Waals surface area contributed by atoms with E-state index in [1.165, 1.54) is 13.2 Å². The van der Waals surface area contributed by atoms with E-state index in [9.17, 15) is 13.6 Å². The molecular formula is C23H21F2NO4. The van der Waals surface area contributed by atoms with Gasteiger partial charge in [0.25, 0.3) is 5.91 Å². The number of terminal acetylenes is 2. The molecule has 30 heavy (non-hydrogen) atoms. The van der Waals surface area contributed by atoms with Gasteiger partial charge in [0.1, 0.15) is 13.2 Å². The minimum Gasteiger partial charge on any atom is -0.493 e. The fraction of sp³-hybridized carbons (Fsp3) is 0.261. The number of nitrogens with one attached hydrogen (secondary N) is 1. The fourth-order valence-electron chi connectivity index (χ4n) is 2.66. The molecule has 1 N–H and O–H groups in total. The van der Waals surface area contributed by atoms with Gasteiger partial charge in [0.2, 0.25) is 0 Å². The monoisotopic (exact) mass is 413 g/mol. The molecule has 1 amide bonds. The molecule has 0 saturated heterocycles. The number of amides is 1. The highest BCUT2D eigenvalue weighted by Crippen LogP contribution is 2.28. The van der Waals surface area contributed by atoms with Crippen LogP contribution in [-0.4, -0.2) is 32.8 Å². The summed E-state index contributed by atoms with van der Waals surface area (Å²) in [7, 11) is 1.51. The summed E-state index contributed by atoms with van der Waals surface area (Å²) in [4.78, 5) is 12.5. The minimum absolute atomic E-state index is 0.120. The number of halogens is 2. The van der Waals surface area contributed by atoms with Crippen LogP contribution in [0.5, 0.6) is 11.5 Å². The Morgan fingerprint density at radius 2 is 1.83 bits per heavy atom. The largest absolute Gasteiger partial charge is 0.493 e. The topological polar surface area (TPSA) is 56.8 Å². The van der Waals surface area contributed by atoms with Gasteiger partial charge in [-0.25, -0.2) is 8.78 Å². The Kier molecular flexibility index (Phi) is 8.68. The summed E-state index contributed by atoms with van der Waals surface area (Å²) in [6, 6.07) is 8.45. The Hall–Kier alpha value is -3.55. The second kappa shape index (κ2) is 11.5. The summed E-state index contributed by atoms with van der Waals surface area (Å²) in [5.74, 6) is 3.07. The van der Waals surface area contributed by atoms with Crippen molar-refractivity contribution in [1.29, 1.82) is 0 Å². The van der Waals surface area contributed by atoms with Crippen LogP contribution in [0.2, 0.25) is 0 Å². The van der Waals surface area contributed by atoms with Crippen LogP contribution in [0.1, 0.15) is 17.2 Å². The summed E-state index contributed by atoms with van der Waals surface area (Å²) in [5.41, 5.74) is 1.05. The number of benzene rings is 2. The summed E-state index contributed by atoms with van der Waals surface area (Å²) < 4.78 is 42.7. The highest BCUT2D eigenvalue weighted by Gasteiger charge is 2.22. The van der Waals surface area contributed by atoms with Gasteiger partial charge in [0.15, 0.2) is 29.2 Å². The Morgan fingerprint density at radius 3 is 2.50 bits per heavy atom. The Balaban J connectivity index is 2.02. The molecule has 2 aromatic rings. The molecular weight excluding hydrogens is 392 g/mol. The Morgan fingerprint density at radius 1 is 1.07 bits per heavy atom. The lowest BCUT2D eigenvalue weighted by molar-refractivity contribution is -0.132. The first-order valence-electron chi connectivity index (χ1n) is 9.01. The van der Waals surface area contributed by atoms with E-state index in [1.54, 1.807) is 12.1 Å². The molecule has 0 aliphatic carbocycles. The second-order valence-electron chi connectivity index (χ2n) is 6.09. The maximum Gasteiger partial charge on any atom is 0.253 e. The van der Waals surface area contributed by atoms with Gasteiger partial charge in [-0.3, -0.25) is 4.79 Å². The lowest BCUT2D eigenvalue weighted by atomic mass is 10.1. The molecule has 0 radical (unpaired) electrons. The summed E-state index contributed by atoms with van der Waals surface area (Å²) in [5, 5.41) is 2.71. The molecule has 0 aliphatic rings. The average molecular weight is 413 g/mol. The predicted octanol–water partition coefficient (Wildman–Crippen LogP) is 3.04. The normalized spacial score (nSPS) is 11.1. The van der Waals surface area contributed by atoms with Gasteiger partial charge in [-0.1, -0.05) is 24.0 Å². The molecule has 0 spiro atoms. The van der Waals surface area contributed by atoms with Gasteiger partial charge < -0.3 is 19.5 Å². The molecule has 0 heterocycles. The fourth-order valence-corrected chi connectivity index (χ4v) is 2.66. The van der Waals surface area contributed by atoms with E-state index in [1.807, 2.05) is 6.07 Å². The van der Waals surface area contributed by atoms with Gasteiger partial charge in [-0.2, -0.15) is 0 Å². The van der Waals surface area contributed by atoms with Crippen LogP contribution in [0, 0.1) is 36.3 Å². The van der Waals surface area contributed by atoms with E-state index in [0.717, 1.165) is 17.7 Å². The molecule has 2 aromatic carbocycles. The molecule has 7 heteroatoms. The zero-order valence-electron chi connectivity index (χ0n) is 16.4. The van der Waals surface area contributed by atoms with Crippen LogP contribution in [0.15, 0.2) is 36.4 Å². The van der Waals surface area contributed by atoms with Crippen LogP contribution in [-0.2, 0) is 16.0 Å². The van der Waals surface area contributed by atoms with Crippen molar-refractivity contribution < 1.29 is 27.8 Å². The first kappa shape index (κ1) is 22.7. The molecule has 2 rings (SSSR count). The lowest BCUT2D eigenvalue weighted by Crippen LogP contribution is -2.32. The molecule has 0 aromatic heterocycles. The zero-order chi connectivity index (χ0) is 21.9. The summed E-state index contributed by atoms with van der Waals surface area (Å²) in [6.45, 7) is 0.230. The van der Waals surface area contributed by atoms with Crippen LogP contribution in [0.3, 0.4) is 0 Å². The van der Waals surface area contributed by atoms with Crippen molar-refractivity contribution in [2.45, 2.75) is 12.5 Å². The molecule has 156 valence electrons. The van der Waals surface area contributed by atoms with Gasteiger partial charge >= 0.3 is 0 Å². The van der Waals surface area contributed by atoms with Crippen molar-refractivity contribution in [2.75, 3.05) is 26.9 Å². The van der Waals surface area contributed by atoms with Gasteiger partial charge in [0.05, 0.1) is 7.11 Å². The van der Waals surface area contributed by atoms with E-state index in [4.69, 9.17) is 27.1 Å². The Labute approximate surface area is 174 Å². The van der Waals surface area contributed by atoms with Crippen molar-refractivity contribution in [3.63, 3.8) is 0 Å². The van der Waals surface area contributed by atoms with Crippen LogP contribution in [0.25, 0.3) is 0 Å². The van der Waals surface area contributed by atoms with Gasteiger partial charge in [0, 0.05) is 6.54 Å². The number of rotatable bonds is 10. The third-order valence-corrected chi connectivity index (χ3v) is 4.07. The molecule has 0 bridgehead atoms. The molecule has 5 nitrogen and oxygen atoms in total.